The van der Waals surface area contributed by atoms with Gasteiger partial charge in [-0.05, 0) is 0 Å². The van der Waals surface area contributed by atoms with Gasteiger partial charge in [-0.1, -0.05) is 0 Å². The molecule has 0 fully saturated rings. The van der Waals surface area contributed by atoms with Gasteiger partial charge in [-0.15, -0.1) is 0 Å². The molecule has 0 aromatic carbocycles. The van der Waals surface area contributed by atoms with Crippen molar-refractivity contribution in [3.8, 4) is 0 Å². The maximum absolute atomic E-state index is 8.59. The van der Waals surface area contributed by atoms with E-state index in [4.69, 9.17) is 75.2 Å². The molecule has 0 saturated carbocycles. The van der Waals surface area contributed by atoms with Crippen molar-refractivity contribution >= 4 is 25.0 Å². The molecule has 0 N–H and O–H groups in total. The van der Waals surface area contributed by atoms with Gasteiger partial charge in [0.15, 0.2) is 0 Å². The Kier molecular flexibility index (Phi) is 65.1. The third kappa shape index (κ3) is 16800. The van der Waals surface area contributed by atoms with E-state index in [1.807, 2.05) is 0 Å². The van der Waals surface area contributed by atoms with Crippen LogP contribution in [0.2, 0.25) is 0 Å². The molecule has 0 aliphatic heterocycles. The zero-order chi connectivity index (χ0) is 21.6. The molecule has 0 unspecified atom stereocenters. The summed E-state index contributed by atoms with van der Waals surface area (Å²) in [6.07, 6.45) is 0. The van der Waals surface area contributed by atoms with Crippen LogP contribution in [0.15, 0.2) is 0 Å². The zero-order valence-corrected chi connectivity index (χ0v) is 20.3. The Labute approximate surface area is 174 Å². The van der Waals surface area contributed by atoms with Crippen LogP contribution in [0, 0.1) is 0 Å². The van der Waals surface area contributed by atoms with Crippen LogP contribution >= 0.6 is 25.0 Å². The first kappa shape index (κ1) is 50.5. The van der Waals surface area contributed by atoms with Gasteiger partial charge in [0.05, 0.1) is 0 Å². The van der Waals surface area contributed by atoms with Gasteiger partial charge in [-0.2, -0.15) is 0 Å². The molecule has 0 bridgehead atoms. The van der Waals surface area contributed by atoms with Crippen LogP contribution in [-0.4, -0.2) is 0 Å². The van der Waals surface area contributed by atoms with Crippen molar-refractivity contribution in [2.75, 3.05) is 0 Å². The van der Waals surface area contributed by atoms with E-state index >= 15 is 0 Å². The Balaban J connectivity index is -0.0000000250. The molecular weight excluding hydrogens is 641 g/mol. The van der Waals surface area contributed by atoms with Gasteiger partial charge in [0.25, 0.3) is 0 Å². The van der Waals surface area contributed by atoms with Crippen molar-refractivity contribution in [3.05, 3.63) is 0 Å². The maximum atomic E-state index is 8.59. The Bertz CT molecular complexity index is 552. The molecule has 0 heterocycles. The Morgan fingerprint density at radius 3 is 0.385 bits per heavy atom. The van der Waals surface area contributed by atoms with E-state index in [0.29, 0.717) is 0 Å². The van der Waals surface area contributed by atoms with Crippen LogP contribution in [0.5, 0.6) is 0 Å². The first-order chi connectivity index (χ1) is 10.2. The molecule has 0 aromatic heterocycles. The molecule has 0 aromatic rings. The van der Waals surface area contributed by atoms with Gasteiger partial charge in [-0.3, -0.25) is 0 Å². The Morgan fingerprint density at radius 2 is 0.385 bits per heavy atom. The summed E-state index contributed by atoms with van der Waals surface area (Å²) in [7, 11) is -4.25. The Hall–Kier alpha value is 0.922. The molecule has 26 heavy (non-hydrogen) atoms. The van der Waals surface area contributed by atoms with Crippen LogP contribution in [0.4, 0.5) is 0 Å². The van der Waals surface area contributed by atoms with Crippen LogP contribution in [-0.2, 0) is 126 Å². The van der Waals surface area contributed by atoms with Crippen molar-refractivity contribution < 1.29 is 151 Å². The fourth-order valence-electron chi connectivity index (χ4n) is 0. The van der Waals surface area contributed by atoms with E-state index in [1.54, 1.807) is 0 Å². The molecule has 0 rings (SSSR count). The summed E-state index contributed by atoms with van der Waals surface area (Å²) in [6, 6.07) is 0. The fraction of sp³-hybridized carbons (Fsp3) is 0. The summed E-state index contributed by atoms with van der Waals surface area (Å²) in [4.78, 5) is 0. The van der Waals surface area contributed by atoms with E-state index in [9.17, 15) is 0 Å². The number of hydrogen-bond donors (Lipinski definition) is 0. The van der Waals surface area contributed by atoms with Crippen LogP contribution in [0.25, 0.3) is 0 Å². The van der Waals surface area contributed by atoms with Gasteiger partial charge in [0, 0.05) is 0 Å². The van der Waals surface area contributed by atoms with Gasteiger partial charge in [0.2, 0.25) is 0 Å². The average Bonchev–Trinajstić information content (AvgIpc) is 2.10. The van der Waals surface area contributed by atoms with Crippen LogP contribution < -0.4 is 24.9 Å². The quantitative estimate of drug-likeness (QED) is 0.221. The minimum absolute atomic E-state index is 0. The second-order valence-electron chi connectivity index (χ2n) is 1.47. The van der Waals surface area contributed by atoms with E-state index < -0.39 is 65.9 Å². The van der Waals surface area contributed by atoms with E-state index in [2.05, 4.69) is 0 Å². The molecule has 0 aliphatic carbocycles. The predicted octanol–water partition coefficient (Wildman–Crippen LogP) is -6.79. The van der Waals surface area contributed by atoms with Gasteiger partial charge in [-0.25, -0.2) is 27.4 Å². The molecule has 156 valence electrons. The van der Waals surface area contributed by atoms with E-state index in [0.717, 1.165) is 0 Å². The summed E-state index contributed by atoms with van der Waals surface area (Å²) in [5.74, 6) is 0. The molecule has 18 nitrogen and oxygen atoms in total. The monoisotopic (exact) mass is 644 g/mol. The van der Waals surface area contributed by atoms with Crippen molar-refractivity contribution in [1.82, 2.24) is 0 Å². The third-order valence-electron chi connectivity index (χ3n) is 0. The van der Waals surface area contributed by atoms with E-state index in [1.165, 1.54) is 0 Å². The summed E-state index contributed by atoms with van der Waals surface area (Å²) >= 11 is -17.2. The molecular formula is H3Cr5O18P3. The summed E-state index contributed by atoms with van der Waals surface area (Å²) < 4.78 is 154. The zero-order valence-electron chi connectivity index (χ0n) is 10.9. The molecule has 2 radical (unpaired) electrons. The van der Waals surface area contributed by atoms with Crippen molar-refractivity contribution in [3.63, 3.8) is 0 Å². The van der Waals surface area contributed by atoms with Gasteiger partial charge < -0.3 is 0 Å². The number of hydrogen-bond acceptors (Lipinski definition) is 18. The summed E-state index contributed by atoms with van der Waals surface area (Å²) in [5, 5.41) is 0. The third-order valence-corrected chi connectivity index (χ3v) is 0. The van der Waals surface area contributed by atoms with Crippen molar-refractivity contribution in [2.45, 2.75) is 0 Å². The van der Waals surface area contributed by atoms with Crippen molar-refractivity contribution in [2.24, 2.45) is 0 Å². The number of rotatable bonds is 0. The average molecular weight is 644 g/mol. The second-order valence-corrected chi connectivity index (χ2v) is 5.80. The van der Waals surface area contributed by atoms with Crippen molar-refractivity contribution in [1.29, 1.82) is 0 Å². The molecule has 0 amide bonds. The van der Waals surface area contributed by atoms with Crippen LogP contribution in [0.1, 0.15) is 0 Å². The molecule has 0 spiro atoms. The standard InChI is InChI=1S/5Cr.3HO2P.12O/c;;;;;3*1-3-2;;;;;;;;;;;;/h;;;;;3*3H;;;;;;;;;;;;/q;;;2*+3;;;;;;;;;;6*-1. The normalized spacial score (nSPS) is 8.08. The Morgan fingerprint density at radius 1 is 0.385 bits per heavy atom. The van der Waals surface area contributed by atoms with Crippen LogP contribution in [0.3, 0.4) is 0 Å². The topological polar surface area (TPSA) is 343 Å². The minimum atomic E-state index is -5.75. The van der Waals surface area contributed by atoms with Gasteiger partial charge >= 0.3 is 148 Å². The second kappa shape index (κ2) is 33.5. The first-order valence-electron chi connectivity index (χ1n) is 3.22. The molecule has 0 atom stereocenters. The summed E-state index contributed by atoms with van der Waals surface area (Å²) in [5.41, 5.74) is 0. The SMILES string of the molecule is O=[PH]=O.O=[PH]=O.O=[PH]=O.[Cr+3].[Cr+3].[O]=[Cr](=[O])([O-])[O-].[O]=[Cr](=[O])([O-])[O-].[O]=[Cr](=[O])([O-])[O-]. The first-order valence-corrected chi connectivity index (χ1v) is 11.9. The molecule has 26 heteroatoms. The fourth-order valence-corrected chi connectivity index (χ4v) is 0. The molecule has 0 saturated heterocycles. The predicted molar refractivity (Wildman–Crippen MR) is 33.2 cm³/mol. The molecule has 0 aliphatic rings. The van der Waals surface area contributed by atoms with Gasteiger partial charge in [0.1, 0.15) is 0 Å². The summed E-state index contributed by atoms with van der Waals surface area (Å²) in [6.45, 7) is 0. The van der Waals surface area contributed by atoms with E-state index in [-0.39, 0.29) is 34.7 Å².